The topological polar surface area (TPSA) is 57.2 Å². The summed E-state index contributed by atoms with van der Waals surface area (Å²) in [5.41, 5.74) is 0.351. The van der Waals surface area contributed by atoms with E-state index in [-0.39, 0.29) is 12.5 Å². The van der Waals surface area contributed by atoms with Gasteiger partial charge in [-0.1, -0.05) is 13.8 Å². The van der Waals surface area contributed by atoms with Gasteiger partial charge in [-0.05, 0) is 31.1 Å². The van der Waals surface area contributed by atoms with Gasteiger partial charge in [-0.2, -0.15) is 0 Å². The first-order valence-corrected chi connectivity index (χ1v) is 8.77. The van der Waals surface area contributed by atoms with Crippen molar-refractivity contribution < 1.29 is 9.53 Å². The fourth-order valence-electron chi connectivity index (χ4n) is 3.04. The number of guanidine groups is 1. The van der Waals surface area contributed by atoms with E-state index in [0.717, 1.165) is 45.1 Å². The molecule has 2 aliphatic heterocycles. The molecule has 0 aliphatic carbocycles. The van der Waals surface area contributed by atoms with E-state index in [4.69, 9.17) is 4.74 Å². The number of nitrogens with zero attached hydrogens (tertiary/aromatic N) is 3. The lowest BCUT2D eigenvalue weighted by Gasteiger charge is -2.30. The fourth-order valence-corrected chi connectivity index (χ4v) is 3.04. The zero-order valence-electron chi connectivity index (χ0n) is 15.1. The maximum atomic E-state index is 11.9. The van der Waals surface area contributed by atoms with Crippen LogP contribution in [0.2, 0.25) is 0 Å². The molecule has 2 heterocycles. The van der Waals surface area contributed by atoms with E-state index in [1.807, 2.05) is 0 Å². The summed E-state index contributed by atoms with van der Waals surface area (Å²) in [6, 6.07) is 0.394. The second kappa shape index (κ2) is 7.99. The third-order valence-corrected chi connectivity index (χ3v) is 5.13. The van der Waals surface area contributed by atoms with Crippen molar-refractivity contribution in [2.45, 2.75) is 45.6 Å². The van der Waals surface area contributed by atoms with E-state index in [1.165, 1.54) is 12.8 Å². The van der Waals surface area contributed by atoms with Crippen LogP contribution in [0.5, 0.6) is 0 Å². The Bertz CT molecular complexity index is 432. The Morgan fingerprint density at radius 2 is 2.09 bits per heavy atom. The van der Waals surface area contributed by atoms with Crippen molar-refractivity contribution in [2.75, 3.05) is 46.9 Å². The molecule has 6 heteroatoms. The van der Waals surface area contributed by atoms with Crippen molar-refractivity contribution in [3.05, 3.63) is 0 Å². The fraction of sp³-hybridized carbons (Fsp3) is 0.882. The molecule has 6 nitrogen and oxygen atoms in total. The van der Waals surface area contributed by atoms with Crippen LogP contribution in [0.3, 0.4) is 0 Å². The first-order valence-electron chi connectivity index (χ1n) is 8.77. The largest absolute Gasteiger partial charge is 0.381 e. The van der Waals surface area contributed by atoms with Crippen LogP contribution in [0, 0.1) is 5.41 Å². The van der Waals surface area contributed by atoms with Crippen molar-refractivity contribution in [3.8, 4) is 0 Å². The van der Waals surface area contributed by atoms with Crippen LogP contribution in [0.4, 0.5) is 0 Å². The summed E-state index contributed by atoms with van der Waals surface area (Å²) in [6.07, 6.45) is 4.35. The first kappa shape index (κ1) is 18.0. The van der Waals surface area contributed by atoms with Gasteiger partial charge in [0.25, 0.3) is 0 Å². The van der Waals surface area contributed by atoms with Crippen LogP contribution in [-0.2, 0) is 9.53 Å². The summed E-state index contributed by atoms with van der Waals surface area (Å²) in [5, 5.41) is 3.58. The molecule has 1 amide bonds. The van der Waals surface area contributed by atoms with Crippen molar-refractivity contribution in [1.29, 1.82) is 0 Å². The highest BCUT2D eigenvalue weighted by Crippen LogP contribution is 2.33. The molecule has 0 aromatic heterocycles. The molecule has 23 heavy (non-hydrogen) atoms. The Morgan fingerprint density at radius 1 is 1.39 bits per heavy atom. The molecule has 1 unspecified atom stereocenters. The SMILES string of the molecule is CCC1(C)CCN(C(=NCC(=O)N(C)C)NC2CCOCC2)C1. The smallest absolute Gasteiger partial charge is 0.243 e. The second-order valence-corrected chi connectivity index (χ2v) is 7.29. The van der Waals surface area contributed by atoms with Crippen molar-refractivity contribution >= 4 is 11.9 Å². The van der Waals surface area contributed by atoms with Crippen molar-refractivity contribution in [1.82, 2.24) is 15.1 Å². The number of amides is 1. The highest BCUT2D eigenvalue weighted by molar-refractivity contribution is 5.85. The molecule has 132 valence electrons. The molecule has 0 bridgehead atoms. The number of likely N-dealkylation sites (tertiary alicyclic amines) is 1. The summed E-state index contributed by atoms with van der Waals surface area (Å²) in [5.74, 6) is 0.929. The van der Waals surface area contributed by atoms with Gasteiger partial charge in [0.15, 0.2) is 5.96 Å². The predicted octanol–water partition coefficient (Wildman–Crippen LogP) is 1.32. The average molecular weight is 324 g/mol. The van der Waals surface area contributed by atoms with Gasteiger partial charge in [0.1, 0.15) is 6.54 Å². The van der Waals surface area contributed by atoms with Gasteiger partial charge in [0.2, 0.25) is 5.91 Å². The zero-order valence-corrected chi connectivity index (χ0v) is 15.1. The number of hydrogen-bond donors (Lipinski definition) is 1. The highest BCUT2D eigenvalue weighted by atomic mass is 16.5. The van der Waals surface area contributed by atoms with Crippen LogP contribution in [0.25, 0.3) is 0 Å². The number of aliphatic imine (C=N–C) groups is 1. The lowest BCUT2D eigenvalue weighted by Crippen LogP contribution is -2.48. The van der Waals surface area contributed by atoms with Gasteiger partial charge in [-0.25, -0.2) is 4.99 Å². The molecule has 0 aromatic rings. The molecule has 2 saturated heterocycles. The maximum Gasteiger partial charge on any atom is 0.243 e. The van der Waals surface area contributed by atoms with E-state index in [0.29, 0.717) is 11.5 Å². The van der Waals surface area contributed by atoms with Gasteiger partial charge < -0.3 is 19.9 Å². The van der Waals surface area contributed by atoms with Gasteiger partial charge in [0.05, 0.1) is 0 Å². The monoisotopic (exact) mass is 324 g/mol. The summed E-state index contributed by atoms with van der Waals surface area (Å²) in [6.45, 7) is 8.41. The minimum Gasteiger partial charge on any atom is -0.381 e. The third-order valence-electron chi connectivity index (χ3n) is 5.13. The molecular weight excluding hydrogens is 292 g/mol. The lowest BCUT2D eigenvalue weighted by molar-refractivity contribution is -0.127. The Hall–Kier alpha value is -1.30. The molecule has 0 saturated carbocycles. The van der Waals surface area contributed by atoms with Gasteiger partial charge >= 0.3 is 0 Å². The lowest BCUT2D eigenvalue weighted by atomic mass is 9.87. The number of rotatable bonds is 4. The molecule has 0 aromatic carbocycles. The van der Waals surface area contributed by atoms with Crippen LogP contribution in [-0.4, -0.2) is 74.7 Å². The van der Waals surface area contributed by atoms with E-state index in [9.17, 15) is 4.79 Å². The van der Waals surface area contributed by atoms with E-state index in [2.05, 4.69) is 29.1 Å². The predicted molar refractivity (Wildman–Crippen MR) is 92.6 cm³/mol. The Kier molecular flexibility index (Phi) is 6.27. The number of ether oxygens (including phenoxy) is 1. The zero-order chi connectivity index (χ0) is 16.9. The number of likely N-dealkylation sites (N-methyl/N-ethyl adjacent to an activating group) is 1. The quantitative estimate of drug-likeness (QED) is 0.626. The average Bonchev–Trinajstić information content (AvgIpc) is 2.95. The number of nitrogens with one attached hydrogen (secondary N) is 1. The molecule has 0 radical (unpaired) electrons. The number of hydrogen-bond acceptors (Lipinski definition) is 3. The normalized spacial score (nSPS) is 26.4. The summed E-state index contributed by atoms with van der Waals surface area (Å²) in [4.78, 5) is 20.4. The maximum absolute atomic E-state index is 11.9. The van der Waals surface area contributed by atoms with Crippen LogP contribution in [0.1, 0.15) is 39.5 Å². The van der Waals surface area contributed by atoms with Gasteiger partial charge in [0, 0.05) is 46.4 Å². The van der Waals surface area contributed by atoms with E-state index < -0.39 is 0 Å². The Morgan fingerprint density at radius 3 is 2.65 bits per heavy atom. The van der Waals surface area contributed by atoms with Crippen molar-refractivity contribution in [3.63, 3.8) is 0 Å². The molecular formula is C17H32N4O2. The second-order valence-electron chi connectivity index (χ2n) is 7.29. The van der Waals surface area contributed by atoms with Gasteiger partial charge in [-0.15, -0.1) is 0 Å². The van der Waals surface area contributed by atoms with E-state index in [1.54, 1.807) is 19.0 Å². The standard InChI is InChI=1S/C17H32N4O2/c1-5-17(2)8-9-21(13-17)16(18-12-15(22)20(3)4)19-14-6-10-23-11-7-14/h14H,5-13H2,1-4H3,(H,18,19). The number of carbonyl (C=O) groups is 1. The molecule has 1 atom stereocenters. The summed E-state index contributed by atoms with van der Waals surface area (Å²) in [7, 11) is 3.54. The van der Waals surface area contributed by atoms with Gasteiger partial charge in [-0.3, -0.25) is 4.79 Å². The Balaban J connectivity index is 2.04. The third kappa shape index (κ3) is 5.09. The molecule has 0 spiro atoms. The minimum absolute atomic E-state index is 0.0359. The van der Waals surface area contributed by atoms with Crippen LogP contribution in [0.15, 0.2) is 4.99 Å². The van der Waals surface area contributed by atoms with Crippen molar-refractivity contribution in [2.24, 2.45) is 10.4 Å². The summed E-state index contributed by atoms with van der Waals surface area (Å²) >= 11 is 0. The first-order chi connectivity index (χ1) is 10.9. The number of carbonyl (C=O) groups excluding carboxylic acids is 1. The highest BCUT2D eigenvalue weighted by Gasteiger charge is 2.34. The molecule has 2 rings (SSSR count). The summed E-state index contributed by atoms with van der Waals surface area (Å²) < 4.78 is 5.43. The van der Waals surface area contributed by atoms with Crippen LogP contribution < -0.4 is 5.32 Å². The molecule has 1 N–H and O–H groups in total. The minimum atomic E-state index is 0.0359. The van der Waals surface area contributed by atoms with E-state index >= 15 is 0 Å². The Labute approximate surface area is 140 Å². The van der Waals surface area contributed by atoms with Crippen LogP contribution >= 0.6 is 0 Å². The molecule has 2 aliphatic rings. The molecule has 2 fully saturated rings.